The highest BCUT2D eigenvalue weighted by molar-refractivity contribution is 7.80. The number of aromatic nitrogens is 2. The minimum absolute atomic E-state index is 0.423. The normalized spacial score (nSPS) is 13.6. The molecular formula is C16H17ClN4OS. The Hall–Kier alpha value is -1.92. The lowest BCUT2D eigenvalue weighted by molar-refractivity contribution is 0.344. The SMILES string of the molecule is C=CCNC(=S)N(Cc1nnc(-c2ccccc2Cl)o1)C1CC1. The predicted octanol–water partition coefficient (Wildman–Crippen LogP) is 3.41. The van der Waals surface area contributed by atoms with Crippen molar-refractivity contribution >= 4 is 28.9 Å². The van der Waals surface area contributed by atoms with Gasteiger partial charge < -0.3 is 14.6 Å². The summed E-state index contributed by atoms with van der Waals surface area (Å²) in [4.78, 5) is 2.09. The second-order valence-corrected chi connectivity index (χ2v) is 6.11. The van der Waals surface area contributed by atoms with Crippen LogP contribution in [0.1, 0.15) is 18.7 Å². The molecule has 0 saturated heterocycles. The summed E-state index contributed by atoms with van der Waals surface area (Å²) in [5, 5.41) is 12.6. The molecule has 1 fully saturated rings. The Bertz CT molecular complexity index is 714. The van der Waals surface area contributed by atoms with Gasteiger partial charge >= 0.3 is 0 Å². The first-order valence-electron chi connectivity index (χ1n) is 7.41. The first-order valence-corrected chi connectivity index (χ1v) is 8.20. The molecule has 1 aromatic heterocycles. The summed E-state index contributed by atoms with van der Waals surface area (Å²) in [5.41, 5.74) is 0.734. The molecule has 0 radical (unpaired) electrons. The lowest BCUT2D eigenvalue weighted by Gasteiger charge is -2.23. The van der Waals surface area contributed by atoms with Gasteiger partial charge in [0.15, 0.2) is 5.11 Å². The molecule has 0 atom stereocenters. The van der Waals surface area contributed by atoms with Gasteiger partial charge in [-0.1, -0.05) is 29.8 Å². The van der Waals surface area contributed by atoms with Crippen molar-refractivity contribution in [1.29, 1.82) is 0 Å². The molecule has 120 valence electrons. The summed E-state index contributed by atoms with van der Waals surface area (Å²) in [6, 6.07) is 7.84. The zero-order chi connectivity index (χ0) is 16.2. The van der Waals surface area contributed by atoms with Gasteiger partial charge in [0.2, 0.25) is 11.8 Å². The quantitative estimate of drug-likeness (QED) is 0.637. The van der Waals surface area contributed by atoms with Gasteiger partial charge in [-0.25, -0.2) is 0 Å². The molecule has 0 amide bonds. The number of hydrogen-bond acceptors (Lipinski definition) is 4. The summed E-state index contributed by atoms with van der Waals surface area (Å²) in [7, 11) is 0. The monoisotopic (exact) mass is 348 g/mol. The van der Waals surface area contributed by atoms with Crippen molar-refractivity contribution in [1.82, 2.24) is 20.4 Å². The number of halogens is 1. The third-order valence-electron chi connectivity index (χ3n) is 3.52. The molecule has 0 bridgehead atoms. The van der Waals surface area contributed by atoms with E-state index in [1.165, 1.54) is 0 Å². The lowest BCUT2D eigenvalue weighted by Crippen LogP contribution is -2.40. The number of rotatable bonds is 6. The van der Waals surface area contributed by atoms with Gasteiger partial charge in [0.05, 0.1) is 17.1 Å². The summed E-state index contributed by atoms with van der Waals surface area (Å²) in [5.74, 6) is 0.945. The van der Waals surface area contributed by atoms with Crippen LogP contribution in [0.15, 0.2) is 41.3 Å². The van der Waals surface area contributed by atoms with Crippen molar-refractivity contribution in [2.45, 2.75) is 25.4 Å². The molecule has 0 spiro atoms. The molecule has 2 aromatic rings. The van der Waals surface area contributed by atoms with E-state index in [0.29, 0.717) is 41.0 Å². The lowest BCUT2D eigenvalue weighted by atomic mass is 10.2. The van der Waals surface area contributed by atoms with E-state index in [0.717, 1.165) is 18.4 Å². The van der Waals surface area contributed by atoms with E-state index in [1.807, 2.05) is 18.2 Å². The number of benzene rings is 1. The molecule has 1 aliphatic carbocycles. The maximum Gasteiger partial charge on any atom is 0.249 e. The van der Waals surface area contributed by atoms with E-state index < -0.39 is 0 Å². The molecular weight excluding hydrogens is 332 g/mol. The Labute approximate surface area is 145 Å². The molecule has 7 heteroatoms. The Balaban J connectivity index is 1.73. The highest BCUT2D eigenvalue weighted by Gasteiger charge is 2.32. The predicted molar refractivity (Wildman–Crippen MR) is 94.1 cm³/mol. The molecule has 1 aromatic carbocycles. The van der Waals surface area contributed by atoms with E-state index in [2.05, 4.69) is 27.0 Å². The third-order valence-corrected chi connectivity index (χ3v) is 4.23. The second-order valence-electron chi connectivity index (χ2n) is 5.31. The van der Waals surface area contributed by atoms with Gasteiger partial charge in [-0.2, -0.15) is 0 Å². The highest BCUT2D eigenvalue weighted by atomic mass is 35.5. The first kappa shape index (κ1) is 16.0. The third kappa shape index (κ3) is 3.89. The fourth-order valence-electron chi connectivity index (χ4n) is 2.22. The summed E-state index contributed by atoms with van der Waals surface area (Å²) in [6.45, 7) is 4.81. The van der Waals surface area contributed by atoms with Crippen LogP contribution < -0.4 is 5.32 Å². The Morgan fingerprint density at radius 1 is 1.43 bits per heavy atom. The van der Waals surface area contributed by atoms with Gasteiger partial charge in [-0.3, -0.25) is 0 Å². The van der Waals surface area contributed by atoms with Crippen LogP contribution in [-0.4, -0.2) is 32.8 Å². The van der Waals surface area contributed by atoms with Crippen LogP contribution in [0.2, 0.25) is 5.02 Å². The summed E-state index contributed by atoms with van der Waals surface area (Å²) >= 11 is 11.6. The maximum atomic E-state index is 6.16. The van der Waals surface area contributed by atoms with E-state index in [-0.39, 0.29) is 0 Å². The minimum atomic E-state index is 0.423. The van der Waals surface area contributed by atoms with E-state index in [1.54, 1.807) is 12.1 Å². The topological polar surface area (TPSA) is 54.2 Å². The number of nitrogens with one attached hydrogen (secondary N) is 1. The van der Waals surface area contributed by atoms with Crippen molar-refractivity contribution in [3.63, 3.8) is 0 Å². The van der Waals surface area contributed by atoms with Crippen LogP contribution in [-0.2, 0) is 6.54 Å². The standard InChI is InChI=1S/C16H17ClN4OS/c1-2-9-18-16(23)21(11-7-8-11)10-14-19-20-15(22-14)12-5-3-4-6-13(12)17/h2-6,11H,1,7-10H2,(H,18,23). The Morgan fingerprint density at radius 3 is 2.91 bits per heavy atom. The van der Waals surface area contributed by atoms with E-state index in [9.17, 15) is 0 Å². The average Bonchev–Trinajstić information content (AvgIpc) is 3.29. The van der Waals surface area contributed by atoms with Gasteiger partial charge in [-0.15, -0.1) is 16.8 Å². The Morgan fingerprint density at radius 2 is 2.22 bits per heavy atom. The van der Waals surface area contributed by atoms with Crippen LogP contribution in [0.25, 0.3) is 11.5 Å². The van der Waals surface area contributed by atoms with Crippen LogP contribution in [0, 0.1) is 0 Å². The number of hydrogen-bond donors (Lipinski definition) is 1. The number of nitrogens with zero attached hydrogens (tertiary/aromatic N) is 3. The fourth-order valence-corrected chi connectivity index (χ4v) is 2.73. The fraction of sp³-hybridized carbons (Fsp3) is 0.312. The highest BCUT2D eigenvalue weighted by Crippen LogP contribution is 2.30. The van der Waals surface area contributed by atoms with Gasteiger partial charge in [0.1, 0.15) is 0 Å². The van der Waals surface area contributed by atoms with Crippen molar-refractivity contribution in [2.24, 2.45) is 0 Å². The molecule has 1 aliphatic rings. The zero-order valence-electron chi connectivity index (χ0n) is 12.5. The van der Waals surface area contributed by atoms with Gasteiger partial charge in [0, 0.05) is 12.6 Å². The summed E-state index contributed by atoms with van der Waals surface area (Å²) in [6.07, 6.45) is 4.03. The largest absolute Gasteiger partial charge is 0.419 e. The summed E-state index contributed by atoms with van der Waals surface area (Å²) < 4.78 is 5.76. The first-order chi connectivity index (χ1) is 11.2. The molecule has 23 heavy (non-hydrogen) atoms. The van der Waals surface area contributed by atoms with Crippen molar-refractivity contribution < 1.29 is 4.42 Å². The van der Waals surface area contributed by atoms with Crippen LogP contribution in [0.5, 0.6) is 0 Å². The van der Waals surface area contributed by atoms with Crippen molar-refractivity contribution in [3.05, 3.63) is 47.8 Å². The van der Waals surface area contributed by atoms with Crippen LogP contribution in [0.3, 0.4) is 0 Å². The molecule has 0 unspecified atom stereocenters. The van der Waals surface area contributed by atoms with Crippen LogP contribution >= 0.6 is 23.8 Å². The molecule has 3 rings (SSSR count). The smallest absolute Gasteiger partial charge is 0.249 e. The average molecular weight is 349 g/mol. The van der Waals surface area contributed by atoms with E-state index in [4.69, 9.17) is 28.2 Å². The number of thiocarbonyl (C=S) groups is 1. The molecule has 1 heterocycles. The molecule has 5 nitrogen and oxygen atoms in total. The zero-order valence-corrected chi connectivity index (χ0v) is 14.1. The molecule has 1 saturated carbocycles. The van der Waals surface area contributed by atoms with Crippen molar-refractivity contribution in [2.75, 3.05) is 6.54 Å². The molecule has 1 N–H and O–H groups in total. The molecule has 0 aliphatic heterocycles. The minimum Gasteiger partial charge on any atom is -0.419 e. The van der Waals surface area contributed by atoms with Crippen LogP contribution in [0.4, 0.5) is 0 Å². The maximum absolute atomic E-state index is 6.16. The Kier molecular flexibility index (Phi) is 4.93. The van der Waals surface area contributed by atoms with Crippen molar-refractivity contribution in [3.8, 4) is 11.5 Å². The second kappa shape index (κ2) is 7.10. The van der Waals surface area contributed by atoms with E-state index >= 15 is 0 Å². The van der Waals surface area contributed by atoms with Gasteiger partial charge in [0.25, 0.3) is 0 Å². The van der Waals surface area contributed by atoms with Gasteiger partial charge in [-0.05, 0) is 37.2 Å².